The lowest BCUT2D eigenvalue weighted by molar-refractivity contribution is -0.138. The van der Waals surface area contributed by atoms with Crippen LogP contribution in [0.1, 0.15) is 103 Å². The summed E-state index contributed by atoms with van der Waals surface area (Å²) in [7, 11) is 0. The van der Waals surface area contributed by atoms with Crippen molar-refractivity contribution in [2.45, 2.75) is 109 Å². The van der Waals surface area contributed by atoms with Gasteiger partial charge in [0.1, 0.15) is 6.61 Å². The third kappa shape index (κ3) is 36.3. The summed E-state index contributed by atoms with van der Waals surface area (Å²) in [6.45, 7) is 7.01. The zero-order valence-electron chi connectivity index (χ0n) is 29.7. The van der Waals surface area contributed by atoms with E-state index in [1.54, 1.807) is 0 Å². The van der Waals surface area contributed by atoms with Gasteiger partial charge in [-0.1, -0.05) is 58.3 Å². The Morgan fingerprint density at radius 3 is 1.55 bits per heavy atom. The number of nitrogens with one attached hydrogen (secondary N) is 4. The van der Waals surface area contributed by atoms with Gasteiger partial charge < -0.3 is 50.4 Å². The molecule has 6 N–H and O–H groups in total. The van der Waals surface area contributed by atoms with E-state index in [0.717, 1.165) is 77.3 Å². The van der Waals surface area contributed by atoms with E-state index in [4.69, 9.17) is 24.1 Å². The van der Waals surface area contributed by atoms with Crippen LogP contribution in [0.4, 0.5) is 0 Å². The van der Waals surface area contributed by atoms with E-state index in [1.807, 2.05) is 6.92 Å². The van der Waals surface area contributed by atoms with Crippen LogP contribution in [-0.4, -0.2) is 125 Å². The van der Waals surface area contributed by atoms with Crippen LogP contribution in [-0.2, 0) is 42.9 Å². The summed E-state index contributed by atoms with van der Waals surface area (Å²) in [6, 6.07) is -0.623. The lowest BCUT2D eigenvalue weighted by Crippen LogP contribution is -2.38. The van der Waals surface area contributed by atoms with Crippen molar-refractivity contribution in [2.24, 2.45) is 0 Å². The molecule has 1 unspecified atom stereocenters. The van der Waals surface area contributed by atoms with Crippen molar-refractivity contribution < 1.29 is 53.1 Å². The van der Waals surface area contributed by atoms with E-state index in [2.05, 4.69) is 21.3 Å². The number of hydrogen-bond acceptors (Lipinski definition) is 10. The smallest absolute Gasteiger partial charge is 0.305 e. The van der Waals surface area contributed by atoms with Gasteiger partial charge in [-0.25, -0.2) is 0 Å². The second-order valence-corrected chi connectivity index (χ2v) is 11.8. The van der Waals surface area contributed by atoms with E-state index in [9.17, 15) is 29.1 Å². The van der Waals surface area contributed by atoms with Gasteiger partial charge in [0.05, 0.1) is 52.7 Å². The molecule has 0 saturated carbocycles. The molecule has 49 heavy (non-hydrogen) atoms. The molecule has 1 atom stereocenters. The summed E-state index contributed by atoms with van der Waals surface area (Å²) in [5.74, 6) is -2.50. The van der Waals surface area contributed by atoms with Crippen molar-refractivity contribution in [1.29, 1.82) is 0 Å². The molecule has 3 amide bonds. The molecule has 0 aliphatic carbocycles. The Balaban J connectivity index is 3.75. The fourth-order valence-corrected chi connectivity index (χ4v) is 4.71. The summed E-state index contributed by atoms with van der Waals surface area (Å²) in [4.78, 5) is 58.1. The van der Waals surface area contributed by atoms with Crippen molar-refractivity contribution in [3.63, 3.8) is 0 Å². The molecular formula is C34H64N4O11. The molecule has 15 nitrogen and oxygen atoms in total. The maximum absolute atomic E-state index is 12.4. The zero-order valence-corrected chi connectivity index (χ0v) is 29.7. The Hall–Kier alpha value is -2.85. The standard InChI is InChI=1S/C34H64N4O11/c1-2-35-17-20-46-23-24-47-22-19-37-32(41)28-49-26-25-48-21-18-36-30(39)16-15-29(27-34(44)45)38-31(40)13-11-9-7-5-3-4-6-8-10-12-14-33(42)43/h29,35H,2-28H2,1H3,(H,36,39)(H,37,41)(H,38,40)(H,42,43)(H,44,45). The van der Waals surface area contributed by atoms with Crippen LogP contribution >= 0.6 is 0 Å². The molecule has 0 aliphatic rings. The van der Waals surface area contributed by atoms with Crippen molar-refractivity contribution in [3.05, 3.63) is 0 Å². The van der Waals surface area contributed by atoms with Crippen molar-refractivity contribution >= 4 is 29.7 Å². The minimum atomic E-state index is -1.04. The molecular weight excluding hydrogens is 640 g/mol. The lowest BCUT2D eigenvalue weighted by Gasteiger charge is -2.17. The Kier molecular flexibility index (Phi) is 33.0. The van der Waals surface area contributed by atoms with Gasteiger partial charge in [0.2, 0.25) is 17.7 Å². The van der Waals surface area contributed by atoms with Gasteiger partial charge in [-0.15, -0.1) is 0 Å². The second-order valence-electron chi connectivity index (χ2n) is 11.8. The van der Waals surface area contributed by atoms with Gasteiger partial charge in [-0.05, 0) is 25.8 Å². The summed E-state index contributed by atoms with van der Waals surface area (Å²) >= 11 is 0. The number of carboxylic acids is 2. The van der Waals surface area contributed by atoms with Crippen LogP contribution in [0.2, 0.25) is 0 Å². The van der Waals surface area contributed by atoms with E-state index in [-0.39, 0.29) is 76.4 Å². The van der Waals surface area contributed by atoms with Crippen LogP contribution < -0.4 is 21.3 Å². The third-order valence-corrected chi connectivity index (χ3v) is 7.34. The number of unbranched alkanes of at least 4 members (excludes halogenated alkanes) is 9. The first kappa shape index (κ1) is 46.1. The molecule has 0 aromatic carbocycles. The number of aliphatic carboxylic acids is 2. The van der Waals surface area contributed by atoms with Gasteiger partial charge in [0.15, 0.2) is 0 Å². The van der Waals surface area contributed by atoms with Crippen LogP contribution in [0, 0.1) is 0 Å². The molecule has 0 aliphatic heterocycles. The fourth-order valence-electron chi connectivity index (χ4n) is 4.71. The molecule has 0 rings (SSSR count). The first-order valence-corrected chi connectivity index (χ1v) is 18.0. The number of hydrogen-bond donors (Lipinski definition) is 6. The van der Waals surface area contributed by atoms with Gasteiger partial charge in [0.25, 0.3) is 0 Å². The van der Waals surface area contributed by atoms with Gasteiger partial charge in [-0.3, -0.25) is 24.0 Å². The molecule has 15 heteroatoms. The first-order chi connectivity index (χ1) is 23.7. The summed E-state index contributed by atoms with van der Waals surface area (Å²) in [6.07, 6.45) is 10.5. The van der Waals surface area contributed by atoms with Gasteiger partial charge in [-0.2, -0.15) is 0 Å². The van der Waals surface area contributed by atoms with Gasteiger partial charge in [0, 0.05) is 44.9 Å². The first-order valence-electron chi connectivity index (χ1n) is 18.0. The lowest BCUT2D eigenvalue weighted by atomic mass is 10.0. The number of ether oxygens (including phenoxy) is 4. The normalized spacial score (nSPS) is 11.6. The van der Waals surface area contributed by atoms with Gasteiger partial charge >= 0.3 is 11.9 Å². The van der Waals surface area contributed by atoms with Crippen LogP contribution in [0.25, 0.3) is 0 Å². The van der Waals surface area contributed by atoms with Crippen molar-refractivity contribution in [2.75, 3.05) is 79.0 Å². The number of carbonyl (C=O) groups excluding carboxylic acids is 3. The third-order valence-electron chi connectivity index (χ3n) is 7.34. The quantitative estimate of drug-likeness (QED) is 0.0515. The highest BCUT2D eigenvalue weighted by molar-refractivity contribution is 5.78. The Labute approximate surface area is 292 Å². The average molecular weight is 705 g/mol. The molecule has 0 bridgehead atoms. The highest BCUT2D eigenvalue weighted by Crippen LogP contribution is 2.12. The van der Waals surface area contributed by atoms with Crippen LogP contribution in [0.15, 0.2) is 0 Å². The maximum atomic E-state index is 12.4. The average Bonchev–Trinajstić information content (AvgIpc) is 3.05. The molecule has 0 saturated heterocycles. The minimum absolute atomic E-state index is 0.0750. The minimum Gasteiger partial charge on any atom is -0.481 e. The Bertz CT molecular complexity index is 864. The highest BCUT2D eigenvalue weighted by atomic mass is 16.5. The molecule has 0 spiro atoms. The molecule has 0 aromatic heterocycles. The number of carboxylic acid groups (broad SMARTS) is 2. The number of likely N-dealkylation sites (N-methyl/N-ethyl adjacent to an activating group) is 1. The molecule has 0 heterocycles. The summed E-state index contributed by atoms with van der Waals surface area (Å²) in [5.41, 5.74) is 0. The number of carbonyl (C=O) groups is 5. The van der Waals surface area contributed by atoms with Crippen molar-refractivity contribution in [1.82, 2.24) is 21.3 Å². The molecule has 0 radical (unpaired) electrons. The topological polar surface area (TPSA) is 211 Å². The summed E-state index contributed by atoms with van der Waals surface area (Å²) in [5, 5.41) is 29.2. The highest BCUT2D eigenvalue weighted by Gasteiger charge is 2.17. The van der Waals surface area contributed by atoms with Crippen LogP contribution in [0.3, 0.4) is 0 Å². The second kappa shape index (κ2) is 35.0. The Morgan fingerprint density at radius 2 is 1.02 bits per heavy atom. The van der Waals surface area contributed by atoms with Crippen LogP contribution in [0.5, 0.6) is 0 Å². The SMILES string of the molecule is CCNCCOCCOCCNC(=O)COCCOCCNC(=O)CCC(CC(=O)O)NC(=O)CCCCCCCCCCCCC(=O)O. The fraction of sp³-hybridized carbons (Fsp3) is 0.853. The molecule has 0 fully saturated rings. The monoisotopic (exact) mass is 704 g/mol. The largest absolute Gasteiger partial charge is 0.481 e. The van der Waals surface area contributed by atoms with Crippen molar-refractivity contribution in [3.8, 4) is 0 Å². The zero-order chi connectivity index (χ0) is 36.2. The summed E-state index contributed by atoms with van der Waals surface area (Å²) < 4.78 is 21.5. The maximum Gasteiger partial charge on any atom is 0.305 e. The van der Waals surface area contributed by atoms with E-state index < -0.39 is 18.0 Å². The van der Waals surface area contributed by atoms with E-state index >= 15 is 0 Å². The van der Waals surface area contributed by atoms with E-state index in [0.29, 0.717) is 39.4 Å². The molecule has 0 aromatic rings. The predicted octanol–water partition coefficient (Wildman–Crippen LogP) is 2.40. The predicted molar refractivity (Wildman–Crippen MR) is 184 cm³/mol. The number of rotatable bonds is 37. The Morgan fingerprint density at radius 1 is 0.531 bits per heavy atom. The molecule has 286 valence electrons. The van der Waals surface area contributed by atoms with E-state index in [1.165, 1.54) is 0 Å². The number of amides is 3.